The number of carbonyl (C=O) groups excluding carboxylic acids is 3. The molecule has 2 saturated heterocycles. The van der Waals surface area contributed by atoms with Crippen LogP contribution in [-0.4, -0.2) is 76.7 Å². The fraction of sp³-hybridized carbons (Fsp3) is 0.519. The minimum Gasteiger partial charge on any atom is -0.465 e. The average molecular weight is 481 g/mol. The molecule has 4 heterocycles. The molecule has 5 rings (SSSR count). The van der Waals surface area contributed by atoms with E-state index >= 15 is 0 Å². The minimum absolute atomic E-state index is 0.00751. The molecule has 4 aliphatic heterocycles. The second-order valence-electron chi connectivity index (χ2n) is 9.65. The van der Waals surface area contributed by atoms with E-state index in [1.807, 2.05) is 54.6 Å². The van der Waals surface area contributed by atoms with E-state index in [0.29, 0.717) is 45.5 Å². The third-order valence-corrected chi connectivity index (χ3v) is 7.46. The molecule has 8 heteroatoms. The van der Waals surface area contributed by atoms with E-state index in [2.05, 4.69) is 0 Å². The van der Waals surface area contributed by atoms with Crippen LogP contribution in [-0.2, 0) is 30.4 Å². The lowest BCUT2D eigenvalue weighted by molar-refractivity contribution is -0.154. The SMILES string of the molecule is O=C1OCCC/C=C\[C@@H]2O[C@]34C=CCN(Cc5ccccc5)C(=O)C3N(CCCCO)C(=O)[C@@H]4[C@H]12. The van der Waals surface area contributed by atoms with Crippen molar-refractivity contribution < 1.29 is 29.0 Å². The first-order valence-electron chi connectivity index (χ1n) is 12.5. The van der Waals surface area contributed by atoms with E-state index in [4.69, 9.17) is 9.47 Å². The maximum Gasteiger partial charge on any atom is 0.312 e. The Balaban J connectivity index is 1.54. The van der Waals surface area contributed by atoms with Gasteiger partial charge in [0.15, 0.2) is 0 Å². The molecule has 2 fully saturated rings. The Hall–Kier alpha value is -2.97. The second kappa shape index (κ2) is 9.95. The highest BCUT2D eigenvalue weighted by Gasteiger charge is 2.71. The van der Waals surface area contributed by atoms with Gasteiger partial charge in [0.25, 0.3) is 0 Å². The summed E-state index contributed by atoms with van der Waals surface area (Å²) in [7, 11) is 0. The van der Waals surface area contributed by atoms with Crippen molar-refractivity contribution in [1.29, 1.82) is 0 Å². The third kappa shape index (κ3) is 4.19. The number of hydrogen-bond acceptors (Lipinski definition) is 6. The van der Waals surface area contributed by atoms with Crippen molar-refractivity contribution >= 4 is 17.8 Å². The number of nitrogens with zero attached hydrogens (tertiary/aromatic N) is 2. The molecule has 1 aromatic rings. The molecule has 0 saturated carbocycles. The van der Waals surface area contributed by atoms with Gasteiger partial charge < -0.3 is 24.4 Å². The van der Waals surface area contributed by atoms with Crippen LogP contribution < -0.4 is 0 Å². The highest BCUT2D eigenvalue weighted by molar-refractivity contribution is 5.99. The first kappa shape index (κ1) is 23.8. The molecule has 5 atom stereocenters. The molecular formula is C27H32N2O6. The number of aliphatic hydroxyl groups excluding tert-OH is 1. The van der Waals surface area contributed by atoms with Crippen molar-refractivity contribution in [3.63, 3.8) is 0 Å². The topological polar surface area (TPSA) is 96.4 Å². The highest BCUT2D eigenvalue weighted by Crippen LogP contribution is 2.53. The summed E-state index contributed by atoms with van der Waals surface area (Å²) >= 11 is 0. The van der Waals surface area contributed by atoms with Crippen molar-refractivity contribution in [1.82, 2.24) is 9.80 Å². The van der Waals surface area contributed by atoms with Gasteiger partial charge in [0.1, 0.15) is 17.6 Å². The Morgan fingerprint density at radius 3 is 2.69 bits per heavy atom. The van der Waals surface area contributed by atoms with Gasteiger partial charge in [-0.2, -0.15) is 0 Å². The number of cyclic esters (lactones) is 1. The minimum atomic E-state index is -1.24. The number of fused-ring (bicyclic) bond motifs is 2. The Morgan fingerprint density at radius 2 is 1.89 bits per heavy atom. The summed E-state index contributed by atoms with van der Waals surface area (Å²) in [6.45, 7) is 1.41. The number of rotatable bonds is 6. The molecule has 4 aliphatic rings. The average Bonchev–Trinajstić information content (AvgIpc) is 3.27. The van der Waals surface area contributed by atoms with Crippen molar-refractivity contribution in [3.8, 4) is 0 Å². The normalized spacial score (nSPS) is 33.2. The predicted molar refractivity (Wildman–Crippen MR) is 127 cm³/mol. The van der Waals surface area contributed by atoms with Gasteiger partial charge in [-0.15, -0.1) is 0 Å². The number of allylic oxidation sites excluding steroid dienone is 1. The molecule has 0 aromatic heterocycles. The van der Waals surface area contributed by atoms with Gasteiger partial charge in [-0.3, -0.25) is 14.4 Å². The molecule has 1 unspecified atom stereocenters. The van der Waals surface area contributed by atoms with E-state index in [-0.39, 0.29) is 18.4 Å². The number of unbranched alkanes of at least 4 members (excludes halogenated alkanes) is 1. The molecule has 1 spiro atoms. The molecule has 1 N–H and O–H groups in total. The largest absolute Gasteiger partial charge is 0.465 e. The van der Waals surface area contributed by atoms with Gasteiger partial charge in [0, 0.05) is 26.2 Å². The number of hydrogen-bond donors (Lipinski definition) is 1. The van der Waals surface area contributed by atoms with Gasteiger partial charge in [-0.1, -0.05) is 54.6 Å². The quantitative estimate of drug-likeness (QED) is 0.379. The lowest BCUT2D eigenvalue weighted by atomic mass is 9.78. The van der Waals surface area contributed by atoms with Gasteiger partial charge in [-0.25, -0.2) is 0 Å². The van der Waals surface area contributed by atoms with Crippen molar-refractivity contribution in [2.45, 2.75) is 50.0 Å². The summed E-state index contributed by atoms with van der Waals surface area (Å²) in [4.78, 5) is 44.4. The molecule has 0 aliphatic carbocycles. The van der Waals surface area contributed by atoms with Crippen LogP contribution in [0, 0.1) is 11.8 Å². The lowest BCUT2D eigenvalue weighted by Crippen LogP contribution is -2.55. The first-order chi connectivity index (χ1) is 17.1. The summed E-state index contributed by atoms with van der Waals surface area (Å²) in [6, 6.07) is 8.86. The van der Waals surface area contributed by atoms with E-state index in [1.54, 1.807) is 9.80 Å². The number of likely N-dealkylation sites (tertiary alicyclic amines) is 1. The number of aliphatic hydroxyl groups is 1. The van der Waals surface area contributed by atoms with Crippen LogP contribution in [0.4, 0.5) is 0 Å². The maximum atomic E-state index is 14.1. The molecule has 8 nitrogen and oxygen atoms in total. The summed E-state index contributed by atoms with van der Waals surface area (Å²) < 4.78 is 12.1. The molecule has 186 valence electrons. The maximum absolute atomic E-state index is 14.1. The monoisotopic (exact) mass is 480 g/mol. The zero-order valence-electron chi connectivity index (χ0n) is 19.8. The molecule has 1 aromatic carbocycles. The first-order valence-corrected chi connectivity index (χ1v) is 12.5. The lowest BCUT2D eigenvalue weighted by Gasteiger charge is -2.35. The van der Waals surface area contributed by atoms with Gasteiger partial charge in [-0.05, 0) is 31.2 Å². The van der Waals surface area contributed by atoms with Crippen LogP contribution in [0.5, 0.6) is 0 Å². The number of benzene rings is 1. The Kier molecular flexibility index (Phi) is 6.75. The number of esters is 1. The third-order valence-electron chi connectivity index (χ3n) is 7.46. The van der Waals surface area contributed by atoms with Crippen LogP contribution in [0.2, 0.25) is 0 Å². The smallest absolute Gasteiger partial charge is 0.312 e. The number of ether oxygens (including phenoxy) is 2. The zero-order valence-corrected chi connectivity index (χ0v) is 19.8. The van der Waals surface area contributed by atoms with Crippen LogP contribution in [0.15, 0.2) is 54.6 Å². The Bertz CT molecular complexity index is 1020. The molecule has 0 bridgehead atoms. The van der Waals surface area contributed by atoms with Gasteiger partial charge in [0.2, 0.25) is 11.8 Å². The highest BCUT2D eigenvalue weighted by atomic mass is 16.6. The van der Waals surface area contributed by atoms with Crippen LogP contribution >= 0.6 is 0 Å². The summed E-state index contributed by atoms with van der Waals surface area (Å²) in [5.41, 5.74) is -0.244. The van der Waals surface area contributed by atoms with E-state index in [9.17, 15) is 19.5 Å². The summed E-state index contributed by atoms with van der Waals surface area (Å²) in [5, 5.41) is 9.29. The number of carbonyl (C=O) groups is 3. The van der Waals surface area contributed by atoms with E-state index in [0.717, 1.165) is 12.0 Å². The van der Waals surface area contributed by atoms with Crippen molar-refractivity contribution in [2.24, 2.45) is 11.8 Å². The second-order valence-corrected chi connectivity index (χ2v) is 9.65. The predicted octanol–water partition coefficient (Wildman–Crippen LogP) is 1.83. The van der Waals surface area contributed by atoms with Crippen LogP contribution in [0.25, 0.3) is 0 Å². The van der Waals surface area contributed by atoms with Gasteiger partial charge in [0.05, 0.1) is 18.6 Å². The van der Waals surface area contributed by atoms with Crippen molar-refractivity contribution in [2.75, 3.05) is 26.3 Å². The fourth-order valence-corrected chi connectivity index (χ4v) is 5.88. The molecular weight excluding hydrogens is 448 g/mol. The van der Waals surface area contributed by atoms with E-state index in [1.165, 1.54) is 0 Å². The van der Waals surface area contributed by atoms with E-state index < -0.39 is 35.6 Å². The standard InChI is InChI=1S/C27H32N2O6/c30-16-7-6-15-29-23-25(32)28(18-19-10-3-1-4-11-19)14-9-13-27(23)22(24(29)31)21-20(35-27)12-5-2-8-17-34-26(21)33/h1,3-5,9-13,20-23,30H,2,6-8,14-18H2/b12-5-/t20-,21+,22-,23?,27-/m0/s1. The Labute approximate surface area is 205 Å². The van der Waals surface area contributed by atoms with Gasteiger partial charge >= 0.3 is 5.97 Å². The Morgan fingerprint density at radius 1 is 1.06 bits per heavy atom. The van der Waals surface area contributed by atoms with Crippen molar-refractivity contribution in [3.05, 3.63) is 60.2 Å². The zero-order chi connectivity index (χ0) is 24.4. The summed E-state index contributed by atoms with van der Waals surface area (Å²) in [5.74, 6) is -2.54. The molecule has 2 amide bonds. The summed E-state index contributed by atoms with van der Waals surface area (Å²) in [6.07, 6.45) is 9.47. The molecule has 0 radical (unpaired) electrons. The van der Waals surface area contributed by atoms with Crippen LogP contribution in [0.3, 0.4) is 0 Å². The van der Waals surface area contributed by atoms with Crippen LogP contribution in [0.1, 0.15) is 31.2 Å². The number of amides is 2. The fourth-order valence-electron chi connectivity index (χ4n) is 5.88. The molecule has 35 heavy (non-hydrogen) atoms.